The minimum absolute atomic E-state index is 0. The maximum absolute atomic E-state index is 11.1. The van der Waals surface area contributed by atoms with Gasteiger partial charge in [0.05, 0.1) is 11.9 Å². The molecule has 0 bridgehead atoms. The van der Waals surface area contributed by atoms with Gasteiger partial charge in [0.15, 0.2) is 5.96 Å². The molecule has 29 heavy (non-hydrogen) atoms. The standard InChI is InChI=1S/C19H32N4O4S.HI/c1-15(2)27-18-8-6-17(7-9-18)23-19(22-11-13-28(20,24)25)21-10-3-12-26-14-16-4-5-16;/h6-9,15-16H,3-5,10-14H2,1-2H3,(H2,20,24,25)(H2,21,22,23);1H. The van der Waals surface area contributed by atoms with Crippen molar-refractivity contribution in [3.05, 3.63) is 24.3 Å². The Morgan fingerprint density at radius 1 is 1.28 bits per heavy atom. The van der Waals surface area contributed by atoms with E-state index in [9.17, 15) is 8.42 Å². The van der Waals surface area contributed by atoms with Crippen LogP contribution in [0, 0.1) is 5.92 Å². The number of anilines is 1. The van der Waals surface area contributed by atoms with Crippen LogP contribution in [0.15, 0.2) is 29.3 Å². The summed E-state index contributed by atoms with van der Waals surface area (Å²) in [6, 6.07) is 7.51. The molecule has 4 N–H and O–H groups in total. The highest BCUT2D eigenvalue weighted by atomic mass is 127. The van der Waals surface area contributed by atoms with Gasteiger partial charge in [-0.05, 0) is 63.3 Å². The van der Waals surface area contributed by atoms with Crippen LogP contribution < -0.4 is 20.5 Å². The monoisotopic (exact) mass is 540 g/mol. The topological polar surface area (TPSA) is 115 Å². The smallest absolute Gasteiger partial charge is 0.210 e. The van der Waals surface area contributed by atoms with Gasteiger partial charge in [0.1, 0.15) is 5.75 Å². The number of hydrogen-bond acceptors (Lipinski definition) is 5. The molecule has 1 aromatic carbocycles. The lowest BCUT2D eigenvalue weighted by Gasteiger charge is -2.14. The summed E-state index contributed by atoms with van der Waals surface area (Å²) < 4.78 is 33.5. The second kappa shape index (κ2) is 13.2. The van der Waals surface area contributed by atoms with E-state index < -0.39 is 10.0 Å². The Hall–Kier alpha value is -1.11. The second-order valence-electron chi connectivity index (χ2n) is 7.21. The first kappa shape index (κ1) is 25.9. The molecule has 10 heteroatoms. The zero-order chi connectivity index (χ0) is 20.4. The number of ether oxygens (including phenoxy) is 2. The van der Waals surface area contributed by atoms with Crippen molar-refractivity contribution in [2.75, 3.05) is 37.4 Å². The van der Waals surface area contributed by atoms with Crippen molar-refractivity contribution in [3.63, 3.8) is 0 Å². The summed E-state index contributed by atoms with van der Waals surface area (Å²) in [6.07, 6.45) is 3.47. The maximum Gasteiger partial charge on any atom is 0.210 e. The van der Waals surface area contributed by atoms with Gasteiger partial charge in [-0.1, -0.05) is 0 Å². The molecule has 1 saturated carbocycles. The summed E-state index contributed by atoms with van der Waals surface area (Å²) in [4.78, 5) is 4.49. The quantitative estimate of drug-likeness (QED) is 0.163. The highest BCUT2D eigenvalue weighted by Crippen LogP contribution is 2.28. The SMILES string of the molecule is CC(C)Oc1ccc(NC(=NCCCOCC2CC2)NCCS(N)(=O)=O)cc1.I. The molecule has 2 rings (SSSR count). The highest BCUT2D eigenvalue weighted by molar-refractivity contribution is 14.0. The van der Waals surface area contributed by atoms with Gasteiger partial charge >= 0.3 is 0 Å². The van der Waals surface area contributed by atoms with Crippen LogP contribution >= 0.6 is 24.0 Å². The first-order chi connectivity index (χ1) is 13.3. The van der Waals surface area contributed by atoms with Crippen LogP contribution in [-0.2, 0) is 14.8 Å². The van der Waals surface area contributed by atoms with Gasteiger partial charge in [-0.15, -0.1) is 24.0 Å². The molecule has 1 fully saturated rings. The Balaban J connectivity index is 0.00000420. The molecule has 0 radical (unpaired) electrons. The largest absolute Gasteiger partial charge is 0.491 e. The van der Waals surface area contributed by atoms with Gasteiger partial charge in [-0.3, -0.25) is 4.99 Å². The van der Waals surface area contributed by atoms with Gasteiger partial charge in [-0.2, -0.15) is 0 Å². The third-order valence-electron chi connectivity index (χ3n) is 3.94. The number of nitrogens with zero attached hydrogens (tertiary/aromatic N) is 1. The van der Waals surface area contributed by atoms with E-state index in [1.54, 1.807) is 0 Å². The average Bonchev–Trinajstić information content (AvgIpc) is 3.42. The number of guanidine groups is 1. The summed E-state index contributed by atoms with van der Waals surface area (Å²) >= 11 is 0. The van der Waals surface area contributed by atoms with E-state index in [1.165, 1.54) is 12.8 Å². The lowest BCUT2D eigenvalue weighted by atomic mass is 10.3. The molecule has 0 heterocycles. The van der Waals surface area contributed by atoms with E-state index >= 15 is 0 Å². The number of halogens is 1. The van der Waals surface area contributed by atoms with Crippen LogP contribution in [-0.4, -0.2) is 52.5 Å². The van der Waals surface area contributed by atoms with E-state index in [0.29, 0.717) is 19.1 Å². The molecule has 0 amide bonds. The van der Waals surface area contributed by atoms with Gasteiger partial charge in [0.25, 0.3) is 0 Å². The van der Waals surface area contributed by atoms with Crippen LogP contribution in [0.4, 0.5) is 5.69 Å². The molecule has 0 saturated heterocycles. The van der Waals surface area contributed by atoms with Crippen molar-refractivity contribution >= 4 is 45.6 Å². The first-order valence-electron chi connectivity index (χ1n) is 9.72. The average molecular weight is 540 g/mol. The Morgan fingerprint density at radius 3 is 2.55 bits per heavy atom. The van der Waals surface area contributed by atoms with Crippen LogP contribution in [0.5, 0.6) is 5.75 Å². The third kappa shape index (κ3) is 12.9. The number of benzene rings is 1. The third-order valence-corrected chi connectivity index (χ3v) is 4.71. The van der Waals surface area contributed by atoms with Crippen molar-refractivity contribution in [1.29, 1.82) is 0 Å². The highest BCUT2D eigenvalue weighted by Gasteiger charge is 2.20. The fourth-order valence-corrected chi connectivity index (χ4v) is 2.76. The number of sulfonamides is 1. The molecule has 166 valence electrons. The number of primary sulfonamides is 1. The number of nitrogens with one attached hydrogen (secondary N) is 2. The first-order valence-corrected chi connectivity index (χ1v) is 11.4. The fraction of sp³-hybridized carbons (Fsp3) is 0.632. The van der Waals surface area contributed by atoms with Crippen molar-refractivity contribution in [2.24, 2.45) is 16.0 Å². The van der Waals surface area contributed by atoms with E-state index in [2.05, 4.69) is 15.6 Å². The van der Waals surface area contributed by atoms with Crippen LogP contribution in [0.25, 0.3) is 0 Å². The van der Waals surface area contributed by atoms with E-state index in [4.69, 9.17) is 14.6 Å². The lowest BCUT2D eigenvalue weighted by Crippen LogP contribution is -2.36. The molecule has 8 nitrogen and oxygen atoms in total. The van der Waals surface area contributed by atoms with E-state index in [-0.39, 0.29) is 42.4 Å². The predicted octanol–water partition coefficient (Wildman–Crippen LogP) is 2.55. The van der Waals surface area contributed by atoms with Crippen LogP contribution in [0.1, 0.15) is 33.1 Å². The van der Waals surface area contributed by atoms with Crippen molar-refractivity contribution in [1.82, 2.24) is 5.32 Å². The van der Waals surface area contributed by atoms with Gasteiger partial charge in [0, 0.05) is 32.0 Å². The number of rotatable bonds is 12. The molecule has 1 aliphatic rings. The van der Waals surface area contributed by atoms with Crippen molar-refractivity contribution in [2.45, 2.75) is 39.2 Å². The number of nitrogens with two attached hydrogens (primary N) is 1. The molecule has 1 aromatic rings. The van der Waals surface area contributed by atoms with Crippen molar-refractivity contribution < 1.29 is 17.9 Å². The summed E-state index contributed by atoms with van der Waals surface area (Å²) in [5.41, 5.74) is 0.822. The summed E-state index contributed by atoms with van der Waals surface area (Å²) in [7, 11) is -3.53. The molecular formula is C19H33IN4O4S. The Morgan fingerprint density at radius 2 is 1.97 bits per heavy atom. The molecule has 0 aromatic heterocycles. The Kier molecular flexibility index (Phi) is 11.8. The van der Waals surface area contributed by atoms with Gasteiger partial charge < -0.3 is 20.1 Å². The molecule has 0 atom stereocenters. The second-order valence-corrected chi connectivity index (χ2v) is 8.95. The van der Waals surface area contributed by atoms with Gasteiger partial charge in [-0.25, -0.2) is 13.6 Å². The summed E-state index contributed by atoms with van der Waals surface area (Å²) in [5.74, 6) is 1.87. The Bertz CT molecular complexity index is 722. The minimum atomic E-state index is -3.53. The van der Waals surface area contributed by atoms with E-state index in [1.807, 2.05) is 38.1 Å². The van der Waals surface area contributed by atoms with Crippen LogP contribution in [0.2, 0.25) is 0 Å². The lowest BCUT2D eigenvalue weighted by molar-refractivity contribution is 0.123. The number of hydrogen-bond donors (Lipinski definition) is 3. The predicted molar refractivity (Wildman–Crippen MR) is 128 cm³/mol. The normalized spacial score (nSPS) is 14.4. The summed E-state index contributed by atoms with van der Waals surface area (Å²) in [6.45, 7) is 6.21. The minimum Gasteiger partial charge on any atom is -0.491 e. The zero-order valence-electron chi connectivity index (χ0n) is 17.1. The van der Waals surface area contributed by atoms with Crippen molar-refractivity contribution in [3.8, 4) is 5.75 Å². The maximum atomic E-state index is 11.1. The molecule has 0 aliphatic heterocycles. The van der Waals surface area contributed by atoms with Crippen LogP contribution in [0.3, 0.4) is 0 Å². The Labute approximate surface area is 191 Å². The zero-order valence-corrected chi connectivity index (χ0v) is 20.2. The molecule has 1 aliphatic carbocycles. The van der Waals surface area contributed by atoms with E-state index in [0.717, 1.165) is 30.4 Å². The van der Waals surface area contributed by atoms with Gasteiger partial charge in [0.2, 0.25) is 10.0 Å². The summed E-state index contributed by atoms with van der Waals surface area (Å²) in [5, 5.41) is 11.2. The number of aliphatic imine (C=N–C) groups is 1. The molecule has 0 spiro atoms. The molecular weight excluding hydrogens is 507 g/mol. The molecule has 0 unspecified atom stereocenters. The fourth-order valence-electron chi connectivity index (χ4n) is 2.37.